The minimum absolute atomic E-state index is 0.297. The predicted octanol–water partition coefficient (Wildman–Crippen LogP) is 9.23. The Kier molecular flexibility index (Phi) is 2.56. The summed E-state index contributed by atoms with van der Waals surface area (Å²) in [6, 6.07) is -23.4. The van der Waals surface area contributed by atoms with Crippen LogP contribution in [0.25, 0.3) is 11.1 Å². The highest BCUT2D eigenvalue weighted by atomic mass is 16.5. The lowest BCUT2D eigenvalue weighted by molar-refractivity contribution is 0.489. The van der Waals surface area contributed by atoms with Crippen LogP contribution in [-0.2, 0) is 0 Å². The summed E-state index contributed by atoms with van der Waals surface area (Å²) in [6.45, 7) is -1.85. The van der Waals surface area contributed by atoms with E-state index in [0.29, 0.717) is 4.90 Å². The lowest BCUT2D eigenvalue weighted by Crippen LogP contribution is -2.59. The first-order chi connectivity index (χ1) is 34.1. The highest BCUT2D eigenvalue weighted by molar-refractivity contribution is 6.99. The molecule has 0 bridgehead atoms. The minimum Gasteiger partial charge on any atom is -0.458 e. The quantitative estimate of drug-likeness (QED) is 0.180. The van der Waals surface area contributed by atoms with E-state index in [1.807, 2.05) is 0 Å². The maximum Gasteiger partial charge on any atom is 0.256 e. The van der Waals surface area contributed by atoms with Crippen LogP contribution in [0, 0.1) is 0 Å². The van der Waals surface area contributed by atoms with Crippen molar-refractivity contribution >= 4 is 57.2 Å². The molecule has 9 rings (SSSR count). The number of ether oxygens (including phenoxy) is 1. The molecule has 2 heterocycles. The molecule has 7 aromatic carbocycles. The van der Waals surface area contributed by atoms with Crippen LogP contribution in [0.3, 0.4) is 0 Å². The fourth-order valence-electron chi connectivity index (χ4n) is 5.53. The SMILES string of the molecule is [2H]c1c([2H])c([2H])c(-c2ccc3c4c2Oc2c([2H])c([2H])c([2H])c([2H])c2B4c2c([2H])c([2H])c(N(c4c([2H])c([2H])c([2H])c([2H])c4[2H])c4c([2H])c([2H])c([2H])c([2H])c4[2H])c([2H])c2N3c2c([2H])c([2H])c([2H])c([2H])c2[2H])c([2H])c1[2H]. The molecular weight excluding hydrogens is 559 g/mol. The molecule has 0 N–H and O–H groups in total. The molecule has 3 nitrogen and oxygen atoms in total. The lowest BCUT2D eigenvalue weighted by Gasteiger charge is -2.41. The highest BCUT2D eigenvalue weighted by Gasteiger charge is 2.42. The summed E-state index contributed by atoms with van der Waals surface area (Å²) in [5.41, 5.74) is -7.05. The molecule has 0 saturated heterocycles. The predicted molar refractivity (Wildman–Crippen MR) is 192 cm³/mol. The monoisotopic (exact) mass is 615 g/mol. The summed E-state index contributed by atoms with van der Waals surface area (Å²) in [5.74, 6) is -1.14. The summed E-state index contributed by atoms with van der Waals surface area (Å²) in [7, 11) is 0. The molecule has 216 valence electrons. The number of hydrogen-bond acceptors (Lipinski definition) is 3. The van der Waals surface area contributed by atoms with Gasteiger partial charge in [-0.3, -0.25) is 0 Å². The van der Waals surface area contributed by atoms with Gasteiger partial charge in [-0.1, -0.05) is 109 Å². The Morgan fingerprint density at radius 3 is 1.85 bits per heavy atom. The third kappa shape index (κ3) is 4.22. The number of hydrogen-bond donors (Lipinski definition) is 0. The Morgan fingerprint density at radius 1 is 0.543 bits per heavy atom. The van der Waals surface area contributed by atoms with Gasteiger partial charge < -0.3 is 14.5 Å². The maximum absolute atomic E-state index is 10.2. The van der Waals surface area contributed by atoms with Crippen LogP contribution in [0.15, 0.2) is 175 Å². The number of para-hydroxylation sites is 4. The topological polar surface area (TPSA) is 15.7 Å². The highest BCUT2D eigenvalue weighted by Crippen LogP contribution is 2.46. The van der Waals surface area contributed by atoms with Crippen molar-refractivity contribution < 1.29 is 41.7 Å². The second-order valence-electron chi connectivity index (χ2n) is 9.73. The Bertz CT molecular complexity index is 3550. The Hall–Kier alpha value is -6.00. The molecule has 2 aliphatic heterocycles. The number of benzene rings is 7. The molecule has 46 heavy (non-hydrogen) atoms. The Balaban J connectivity index is 1.56. The molecule has 0 atom stereocenters. The van der Waals surface area contributed by atoms with E-state index in [2.05, 4.69) is 0 Å². The zero-order valence-electron chi connectivity index (χ0n) is 50.0. The molecule has 0 amide bonds. The van der Waals surface area contributed by atoms with Crippen LogP contribution in [-0.4, -0.2) is 6.71 Å². The van der Waals surface area contributed by atoms with Gasteiger partial charge in [0.1, 0.15) is 11.5 Å². The third-order valence-electron chi connectivity index (χ3n) is 7.32. The van der Waals surface area contributed by atoms with E-state index in [1.165, 1.54) is 0 Å². The zero-order chi connectivity index (χ0) is 53.9. The van der Waals surface area contributed by atoms with E-state index < -0.39 is 226 Å². The molecule has 0 saturated carbocycles. The van der Waals surface area contributed by atoms with E-state index in [-0.39, 0.29) is 16.7 Å². The van der Waals surface area contributed by atoms with Crippen molar-refractivity contribution in [2.45, 2.75) is 0 Å². The van der Waals surface area contributed by atoms with Gasteiger partial charge in [0.25, 0.3) is 6.71 Å². The molecular formula is C42H29BN2O. The van der Waals surface area contributed by atoms with Crippen molar-refractivity contribution in [1.29, 1.82) is 0 Å². The average Bonchev–Trinajstić information content (AvgIpc) is 3.37. The van der Waals surface area contributed by atoms with Crippen LogP contribution in [0.4, 0.5) is 34.1 Å². The third-order valence-corrected chi connectivity index (χ3v) is 7.32. The second kappa shape index (κ2) is 10.9. The number of fused-ring (bicyclic) bond motifs is 4. The minimum atomic E-state index is -1.85. The smallest absolute Gasteiger partial charge is 0.256 e. The number of rotatable bonds is 5. The summed E-state index contributed by atoms with van der Waals surface area (Å²) >= 11 is 0. The van der Waals surface area contributed by atoms with Crippen LogP contribution >= 0.6 is 0 Å². The van der Waals surface area contributed by atoms with Crippen molar-refractivity contribution in [3.05, 3.63) is 175 Å². The van der Waals surface area contributed by atoms with Crippen molar-refractivity contribution in [3.8, 4) is 22.6 Å². The van der Waals surface area contributed by atoms with Crippen molar-refractivity contribution in [2.24, 2.45) is 0 Å². The van der Waals surface area contributed by atoms with Crippen molar-refractivity contribution in [1.82, 2.24) is 0 Å². The van der Waals surface area contributed by atoms with Crippen molar-refractivity contribution in [2.75, 3.05) is 9.80 Å². The van der Waals surface area contributed by atoms with Gasteiger partial charge in [-0.15, -0.1) is 0 Å². The molecule has 7 aromatic rings. The zero-order valence-corrected chi connectivity index (χ0v) is 23.0. The van der Waals surface area contributed by atoms with E-state index in [4.69, 9.17) is 33.5 Å². The van der Waals surface area contributed by atoms with Gasteiger partial charge >= 0.3 is 0 Å². The largest absolute Gasteiger partial charge is 0.458 e. The van der Waals surface area contributed by atoms with Gasteiger partial charge in [-0.2, -0.15) is 0 Å². The molecule has 0 aliphatic carbocycles. The Labute approximate surface area is 307 Å². The first-order valence-corrected chi connectivity index (χ1v) is 13.5. The summed E-state index contributed by atoms with van der Waals surface area (Å²) in [4.78, 5) is 1.29. The average molecular weight is 616 g/mol. The van der Waals surface area contributed by atoms with Gasteiger partial charge in [-0.25, -0.2) is 0 Å². The van der Waals surface area contributed by atoms with Crippen LogP contribution in [0.1, 0.15) is 37.0 Å². The van der Waals surface area contributed by atoms with Gasteiger partial charge in [0.2, 0.25) is 0 Å². The van der Waals surface area contributed by atoms with Gasteiger partial charge in [-0.05, 0) is 88.5 Å². The normalized spacial score (nSPS) is 20.7. The maximum atomic E-state index is 10.2. The van der Waals surface area contributed by atoms with Crippen LogP contribution in [0.2, 0.25) is 0 Å². The molecule has 2 aliphatic rings. The van der Waals surface area contributed by atoms with E-state index in [1.54, 1.807) is 0 Å². The molecule has 0 unspecified atom stereocenters. The summed E-state index contributed by atoms with van der Waals surface area (Å²) < 4.78 is 247. The fourth-order valence-corrected chi connectivity index (χ4v) is 5.53. The summed E-state index contributed by atoms with van der Waals surface area (Å²) in [5, 5.41) is 0. The van der Waals surface area contributed by atoms with Crippen molar-refractivity contribution in [3.63, 3.8) is 0 Å². The van der Waals surface area contributed by atoms with E-state index >= 15 is 0 Å². The molecule has 0 radical (unpaired) electrons. The molecule has 0 spiro atoms. The standard InChI is InChI=1S/C42H29BN2O/c1-5-15-30(16-6-1)35-26-28-38-41-42(35)46-40-24-14-13-23-37(40)43(41)36-27-25-34(29-39(36)45(38)33-21-11-4-12-22-33)44(31-17-7-2-8-18-31)32-19-9-3-10-20-32/h1-29H/i1D,2D,3D,4D,5D,6D,7D,8D,9D,10D,11D,12D,13D,14D,15D,16D,17D,18D,19D,20D,21D,22D,23D,24D,25D,27D,29D. The lowest BCUT2D eigenvalue weighted by atomic mass is 9.34. The molecule has 0 aromatic heterocycles. The second-order valence-corrected chi connectivity index (χ2v) is 9.73. The van der Waals surface area contributed by atoms with E-state index in [0.717, 1.165) is 17.0 Å². The number of nitrogens with zero attached hydrogens (tertiary/aromatic N) is 2. The van der Waals surface area contributed by atoms with Gasteiger partial charge in [0.05, 0.1) is 37.0 Å². The van der Waals surface area contributed by atoms with Gasteiger partial charge in [0, 0.05) is 39.7 Å². The first-order valence-electron chi connectivity index (χ1n) is 27.0. The fraction of sp³-hybridized carbons (Fsp3) is 0. The first kappa shape index (κ1) is 10.8. The number of anilines is 6. The van der Waals surface area contributed by atoms with E-state index in [9.17, 15) is 8.22 Å². The molecule has 4 heteroatoms. The Morgan fingerprint density at radius 2 is 1.15 bits per heavy atom. The van der Waals surface area contributed by atoms with Crippen LogP contribution in [0.5, 0.6) is 11.5 Å². The molecule has 0 fully saturated rings. The summed E-state index contributed by atoms with van der Waals surface area (Å²) in [6.07, 6.45) is 0. The van der Waals surface area contributed by atoms with Gasteiger partial charge in [0.15, 0.2) is 0 Å². The van der Waals surface area contributed by atoms with Crippen LogP contribution < -0.4 is 30.9 Å².